The van der Waals surface area contributed by atoms with E-state index in [-0.39, 0.29) is 66.2 Å². The number of ketones is 1. The second kappa shape index (κ2) is 25.2. The molecule has 0 bridgehead atoms. The van der Waals surface area contributed by atoms with Crippen LogP contribution in [0.3, 0.4) is 0 Å². The van der Waals surface area contributed by atoms with Crippen LogP contribution < -0.4 is 4.74 Å². The zero-order chi connectivity index (χ0) is 58.4. The number of esters is 2. The van der Waals surface area contributed by atoms with Crippen molar-refractivity contribution in [3.63, 3.8) is 0 Å². The summed E-state index contributed by atoms with van der Waals surface area (Å²) in [5, 5.41) is 78.7. The van der Waals surface area contributed by atoms with E-state index in [2.05, 4.69) is 0 Å². The molecule has 5 aliphatic heterocycles. The van der Waals surface area contributed by atoms with E-state index in [1.165, 1.54) is 46.3 Å². The van der Waals surface area contributed by atoms with Gasteiger partial charge in [-0.2, -0.15) is 0 Å². The van der Waals surface area contributed by atoms with Gasteiger partial charge in [0.25, 0.3) is 0 Å². The molecule has 8 rings (SSSR count). The summed E-state index contributed by atoms with van der Waals surface area (Å²) in [6, 6.07) is 4.22. The maximum absolute atomic E-state index is 14.8. The normalized spacial score (nSPS) is 40.0. The van der Waals surface area contributed by atoms with E-state index >= 15 is 0 Å². The third-order valence-corrected chi connectivity index (χ3v) is 15.9. The van der Waals surface area contributed by atoms with Crippen LogP contribution in [0, 0.1) is 11.8 Å². The Balaban J connectivity index is 0.980. The number of hydrogen-bond acceptors (Lipinski definition) is 24. The summed E-state index contributed by atoms with van der Waals surface area (Å²) in [7, 11) is 2.63. The van der Waals surface area contributed by atoms with Gasteiger partial charge in [0.05, 0.1) is 65.7 Å². The summed E-state index contributed by atoms with van der Waals surface area (Å²) in [5.74, 6) is -6.06. The molecule has 5 fully saturated rings. The van der Waals surface area contributed by atoms with Crippen LogP contribution in [0.25, 0.3) is 10.8 Å². The highest BCUT2D eigenvalue weighted by molar-refractivity contribution is 6.11. The standard InChI is InChI=1S/C55H78O25/c1-21(2)54(65)80-52-26(7)73-41(20-55(52,9)66)77-35-17-39(69-22(3)45(35)60)76-34-18-40(70-23(4)44(34)59)79-50-31(51(68-11)53(63)64)14-29-12-28-13-30(15-32(57)42(28)46(61)43(29)47(50)62)75-38-19-36(49(25(6)72-38)74-27(8)56)78-37-16-33(58)48(67-10)24(5)71-37/h12-13,15,21-26,31,33-41,44-45,48-52,57-61,66H,14,16-20H2,1-11H3,(H,63,64)/t22-,23-,24-,25-,26+,31-,33-,34+,35+,36-,37-,38+,39+,40+,41+,44-,45-,48-,49-,50+,51+,52+,55-/m1/s1. The molecule has 448 valence electrons. The first-order valence-corrected chi connectivity index (χ1v) is 27.2. The van der Waals surface area contributed by atoms with Crippen LogP contribution in [0.1, 0.15) is 110 Å². The third kappa shape index (κ3) is 13.3. The van der Waals surface area contributed by atoms with Crippen molar-refractivity contribution in [3.05, 3.63) is 29.3 Å². The van der Waals surface area contributed by atoms with Crippen LogP contribution >= 0.6 is 0 Å². The Morgan fingerprint density at radius 3 is 1.82 bits per heavy atom. The van der Waals surface area contributed by atoms with Crippen molar-refractivity contribution in [1.82, 2.24) is 0 Å². The van der Waals surface area contributed by atoms with E-state index in [1.807, 2.05) is 0 Å². The Hall–Kier alpha value is -4.42. The first-order valence-electron chi connectivity index (χ1n) is 27.2. The molecule has 1 aliphatic carbocycles. The summed E-state index contributed by atoms with van der Waals surface area (Å²) in [5.41, 5.74) is -1.60. The Bertz CT molecular complexity index is 2510. The molecule has 0 radical (unpaired) electrons. The zero-order valence-corrected chi connectivity index (χ0v) is 46.7. The fraction of sp³-hybridized carbons (Fsp3) is 0.745. The van der Waals surface area contributed by atoms with E-state index in [0.717, 1.165) is 0 Å². The average Bonchev–Trinajstić information content (AvgIpc) is 3.39. The van der Waals surface area contributed by atoms with Gasteiger partial charge >= 0.3 is 17.9 Å². The lowest BCUT2D eigenvalue weighted by atomic mass is 9.76. The topological polar surface area (TPSA) is 339 Å². The number of phenolic OH excluding ortho intramolecular Hbond substituents is 2. The van der Waals surface area contributed by atoms with Crippen molar-refractivity contribution < 1.29 is 121 Å². The summed E-state index contributed by atoms with van der Waals surface area (Å²) >= 11 is 0. The molecule has 0 saturated carbocycles. The van der Waals surface area contributed by atoms with Gasteiger partial charge in [-0.1, -0.05) is 13.8 Å². The number of carbonyl (C=O) groups excluding carboxylic acids is 3. The molecule has 80 heavy (non-hydrogen) atoms. The largest absolute Gasteiger partial charge is 0.507 e. The predicted octanol–water partition coefficient (Wildman–Crippen LogP) is 2.65. The lowest BCUT2D eigenvalue weighted by molar-refractivity contribution is -0.334. The van der Waals surface area contributed by atoms with Crippen LogP contribution in [0.5, 0.6) is 17.2 Å². The molecule has 5 heterocycles. The van der Waals surface area contributed by atoms with Gasteiger partial charge in [-0.25, -0.2) is 4.79 Å². The zero-order valence-electron chi connectivity index (χ0n) is 46.7. The lowest BCUT2D eigenvalue weighted by Crippen LogP contribution is -2.59. The SMILES string of the molecule is CO[C@H]1[C@H](O)C[C@@H](O[C@@H]2C[C@H](Oc3cc(O)c4c(O)c5c(cc4c3)C[C@@H]([C@H](OC)C(=O)O)[C@H](O[C@H]3C[C@H](O[C@H]4C[C@H](O[C@H]6C[C@@](C)(O)[C@@H](OC(=O)C(C)C)[C@H](C)O6)[C@H](O)[C@@H](C)O4)[C@H](O)[C@@H](C)O3)C5=O)O[C@H](C)[C@H]2OC(C)=O)O[C@@H]1C. The number of fused-ring (bicyclic) bond motifs is 2. The van der Waals surface area contributed by atoms with E-state index in [9.17, 15) is 54.9 Å². The van der Waals surface area contributed by atoms with Crippen LogP contribution in [0.2, 0.25) is 0 Å². The molecule has 6 aliphatic rings. The summed E-state index contributed by atoms with van der Waals surface area (Å²) in [6.07, 6.45) is -21.8. The monoisotopic (exact) mass is 1140 g/mol. The van der Waals surface area contributed by atoms with E-state index in [0.29, 0.717) is 0 Å². The Kier molecular flexibility index (Phi) is 19.4. The summed E-state index contributed by atoms with van der Waals surface area (Å²) in [4.78, 5) is 52.2. The molecule has 25 heteroatoms. The third-order valence-electron chi connectivity index (χ3n) is 15.9. The number of aliphatic hydroxyl groups excluding tert-OH is 3. The highest BCUT2D eigenvalue weighted by Crippen LogP contribution is 2.46. The molecule has 25 nitrogen and oxygen atoms in total. The highest BCUT2D eigenvalue weighted by Gasteiger charge is 2.52. The maximum Gasteiger partial charge on any atom is 0.333 e. The highest BCUT2D eigenvalue weighted by atomic mass is 16.7. The number of carbonyl (C=O) groups is 4. The molecular weight excluding hydrogens is 1060 g/mol. The predicted molar refractivity (Wildman–Crippen MR) is 272 cm³/mol. The van der Waals surface area contributed by atoms with Crippen molar-refractivity contribution in [2.45, 2.75) is 236 Å². The van der Waals surface area contributed by atoms with E-state index in [4.69, 9.17) is 66.3 Å². The van der Waals surface area contributed by atoms with Gasteiger partial charge in [0.1, 0.15) is 53.4 Å². The number of benzene rings is 2. The van der Waals surface area contributed by atoms with Gasteiger partial charge in [0, 0.05) is 65.2 Å². The van der Waals surface area contributed by atoms with Crippen LogP contribution in [0.4, 0.5) is 0 Å². The fourth-order valence-electron chi connectivity index (χ4n) is 11.9. The minimum Gasteiger partial charge on any atom is -0.507 e. The molecule has 7 N–H and O–H groups in total. The number of hydrogen-bond donors (Lipinski definition) is 7. The number of phenols is 2. The van der Waals surface area contributed by atoms with Gasteiger partial charge in [-0.3, -0.25) is 14.4 Å². The molecule has 0 amide bonds. The minimum absolute atomic E-state index is 0.00822. The fourth-order valence-corrected chi connectivity index (χ4v) is 11.9. The van der Waals surface area contributed by atoms with Crippen molar-refractivity contribution in [2.75, 3.05) is 14.2 Å². The number of rotatable bonds is 17. The number of methoxy groups -OCH3 is 2. The second-order valence-corrected chi connectivity index (χ2v) is 22.4. The Morgan fingerprint density at radius 1 is 0.700 bits per heavy atom. The lowest BCUT2D eigenvalue weighted by Gasteiger charge is -2.46. The summed E-state index contributed by atoms with van der Waals surface area (Å²) < 4.78 is 83.7. The molecule has 23 atom stereocenters. The van der Waals surface area contributed by atoms with Crippen LogP contribution in [-0.4, -0.2) is 208 Å². The number of carboxylic acids is 1. The molecule has 5 saturated heterocycles. The van der Waals surface area contributed by atoms with Crippen molar-refractivity contribution in [2.24, 2.45) is 11.8 Å². The van der Waals surface area contributed by atoms with Crippen molar-refractivity contribution in [1.29, 1.82) is 0 Å². The van der Waals surface area contributed by atoms with Gasteiger partial charge in [-0.15, -0.1) is 0 Å². The van der Waals surface area contributed by atoms with Crippen molar-refractivity contribution >= 4 is 34.5 Å². The average molecular weight is 1140 g/mol. The van der Waals surface area contributed by atoms with Crippen LogP contribution in [0.15, 0.2) is 18.2 Å². The number of Topliss-reactive ketones (excluding diaryl/α,β-unsaturated/α-hetero) is 1. The molecule has 0 spiro atoms. The molecule has 0 aromatic heterocycles. The van der Waals surface area contributed by atoms with Crippen molar-refractivity contribution in [3.8, 4) is 17.2 Å². The number of aliphatic hydroxyl groups is 4. The number of aliphatic carboxylic acids is 1. The van der Waals surface area contributed by atoms with E-state index < -0.39 is 182 Å². The van der Waals surface area contributed by atoms with E-state index in [1.54, 1.807) is 48.5 Å². The van der Waals surface area contributed by atoms with Gasteiger partial charge in [-0.05, 0) is 71.0 Å². The first kappa shape index (κ1) is 61.6. The Morgan fingerprint density at radius 2 is 1.25 bits per heavy atom. The van der Waals surface area contributed by atoms with Gasteiger partial charge in [0.15, 0.2) is 49.3 Å². The van der Waals surface area contributed by atoms with Gasteiger partial charge < -0.3 is 102 Å². The maximum atomic E-state index is 14.8. The van der Waals surface area contributed by atoms with Gasteiger partial charge in [0.2, 0.25) is 6.29 Å². The quantitative estimate of drug-likeness (QED) is 0.112. The molecule has 2 aromatic rings. The number of carboxylic acid groups (broad SMARTS) is 1. The molecule has 0 unspecified atom stereocenters. The number of ether oxygens (including phenoxy) is 14. The minimum atomic E-state index is -1.63. The smallest absolute Gasteiger partial charge is 0.333 e. The number of aromatic hydroxyl groups is 2. The Labute approximate surface area is 462 Å². The molecule has 2 aromatic carbocycles. The molecular formula is C55H78O25. The summed E-state index contributed by atoms with van der Waals surface area (Å²) in [6.45, 7) is 14.3. The second-order valence-electron chi connectivity index (χ2n) is 22.4. The van der Waals surface area contributed by atoms with Crippen LogP contribution in [-0.2, 0) is 82.4 Å². The first-order chi connectivity index (χ1) is 37.7.